The second-order valence-electron chi connectivity index (χ2n) is 8.42. The highest BCUT2D eigenvalue weighted by Gasteiger charge is 2.54. The van der Waals surface area contributed by atoms with Crippen LogP contribution in [0.25, 0.3) is 0 Å². The topological polar surface area (TPSA) is 118 Å². The molecule has 1 saturated heterocycles. The Labute approximate surface area is 232 Å². The van der Waals surface area contributed by atoms with E-state index < -0.39 is 46.8 Å². The number of benzene rings is 2. The van der Waals surface area contributed by atoms with Gasteiger partial charge in [0.25, 0.3) is 23.4 Å². The number of rotatable bonds is 6. The first-order chi connectivity index (χ1) is 17.0. The molecule has 0 spiro atoms. The Morgan fingerprint density at radius 3 is 2.06 bits per heavy atom. The molecule has 13 heteroatoms. The van der Waals surface area contributed by atoms with E-state index in [1.165, 1.54) is 30.3 Å². The third-order valence-electron chi connectivity index (χ3n) is 6.21. The molecule has 4 rings (SSSR count). The van der Waals surface area contributed by atoms with Crippen molar-refractivity contribution in [2.45, 2.75) is 22.5 Å². The molecule has 2 aliphatic rings. The average molecular weight is 662 g/mol. The van der Waals surface area contributed by atoms with Gasteiger partial charge in [0.1, 0.15) is 6.54 Å². The fourth-order valence-corrected chi connectivity index (χ4v) is 6.11. The summed E-state index contributed by atoms with van der Waals surface area (Å²) in [4.78, 5) is 63.8. The zero-order valence-electron chi connectivity index (χ0n) is 18.3. The van der Waals surface area contributed by atoms with Gasteiger partial charge in [-0.05, 0) is 43.2 Å². The Hall–Kier alpha value is -2.34. The van der Waals surface area contributed by atoms with Gasteiger partial charge in [0.05, 0.1) is 21.8 Å². The van der Waals surface area contributed by atoms with E-state index in [1.807, 2.05) is 0 Å². The number of alkyl halides is 2. The van der Waals surface area contributed by atoms with Crippen molar-refractivity contribution < 1.29 is 24.1 Å². The number of hydrogen-bond donors (Lipinski definition) is 0. The van der Waals surface area contributed by atoms with Crippen LogP contribution in [0.2, 0.25) is 10.0 Å². The monoisotopic (exact) mass is 659 g/mol. The summed E-state index contributed by atoms with van der Waals surface area (Å²) in [6, 6.07) is 8.87. The number of fused-ring (bicyclic) bond motifs is 1. The molecule has 0 aromatic heterocycles. The van der Waals surface area contributed by atoms with Gasteiger partial charge < -0.3 is 0 Å². The number of hydrazine groups is 1. The number of non-ortho nitro benzene ring substituents is 1. The first-order valence-electron chi connectivity index (χ1n) is 10.7. The molecular formula is C23H17Br2Cl2N3O6. The lowest BCUT2D eigenvalue weighted by molar-refractivity contribution is -0.384. The lowest BCUT2D eigenvalue weighted by Gasteiger charge is -2.30. The fraction of sp³-hybridized carbons (Fsp3) is 0.304. The summed E-state index contributed by atoms with van der Waals surface area (Å²) < 4.78 is 0. The van der Waals surface area contributed by atoms with Crippen LogP contribution in [0.3, 0.4) is 0 Å². The number of carbonyl (C=O) groups excluding carboxylic acids is 4. The van der Waals surface area contributed by atoms with Crippen LogP contribution in [0, 0.1) is 22.0 Å². The highest BCUT2D eigenvalue weighted by atomic mass is 79.9. The maximum absolute atomic E-state index is 13.5. The zero-order chi connectivity index (χ0) is 26.3. The Balaban J connectivity index is 1.71. The number of nitro groups is 1. The van der Waals surface area contributed by atoms with Crippen molar-refractivity contribution in [2.75, 3.05) is 6.54 Å². The van der Waals surface area contributed by atoms with Gasteiger partial charge in [-0.15, -0.1) is 0 Å². The summed E-state index contributed by atoms with van der Waals surface area (Å²) in [5.41, 5.74) is -0.226. The number of imide groups is 1. The van der Waals surface area contributed by atoms with E-state index in [-0.39, 0.29) is 31.5 Å². The maximum Gasteiger partial charge on any atom is 0.273 e. The Bertz CT molecular complexity index is 1250. The number of nitro benzene ring substituents is 1. The van der Waals surface area contributed by atoms with Crippen molar-refractivity contribution >= 4 is 84.3 Å². The molecule has 0 bridgehead atoms. The predicted octanol–water partition coefficient (Wildman–Crippen LogP) is 5.06. The van der Waals surface area contributed by atoms with Crippen LogP contribution in [-0.4, -0.2) is 54.6 Å². The molecule has 2 fully saturated rings. The fourth-order valence-electron chi connectivity index (χ4n) is 4.36. The molecule has 3 amide bonds. The summed E-state index contributed by atoms with van der Waals surface area (Å²) in [5, 5.41) is 12.9. The number of Topliss-reactive ketones (excluding diaryl/α,β-unsaturated/α-hetero) is 1. The number of nitrogens with zero attached hydrogens (tertiary/aromatic N) is 3. The number of halogens is 4. The SMILES string of the molecule is O=C(CN(C(=O)c1ccc([N+](=O)[O-])cc1)N1C(=O)[C@H]2C[C@H](Br)[C@@H](Br)C[C@H]2C1=O)c1ccc(Cl)cc1Cl. The smallest absolute Gasteiger partial charge is 0.273 e. The van der Waals surface area contributed by atoms with Gasteiger partial charge >= 0.3 is 0 Å². The molecule has 1 aliphatic carbocycles. The number of ketones is 1. The molecule has 4 atom stereocenters. The minimum Gasteiger partial charge on any atom is -0.292 e. The highest BCUT2D eigenvalue weighted by molar-refractivity contribution is 9.12. The van der Waals surface area contributed by atoms with Gasteiger partial charge in [0, 0.05) is 37.9 Å². The highest BCUT2D eigenvalue weighted by Crippen LogP contribution is 2.43. The summed E-state index contributed by atoms with van der Waals surface area (Å²) in [6.45, 7) is -0.663. The van der Waals surface area contributed by atoms with Crippen LogP contribution < -0.4 is 0 Å². The molecular weight excluding hydrogens is 645 g/mol. The van der Waals surface area contributed by atoms with Crippen LogP contribution >= 0.6 is 55.1 Å². The third-order valence-corrected chi connectivity index (χ3v) is 9.50. The summed E-state index contributed by atoms with van der Waals surface area (Å²) in [6.07, 6.45) is 0.746. The Morgan fingerprint density at radius 2 is 1.56 bits per heavy atom. The van der Waals surface area contributed by atoms with E-state index in [0.29, 0.717) is 17.9 Å². The van der Waals surface area contributed by atoms with E-state index in [2.05, 4.69) is 31.9 Å². The molecule has 9 nitrogen and oxygen atoms in total. The van der Waals surface area contributed by atoms with E-state index in [1.54, 1.807) is 0 Å². The minimum absolute atomic E-state index is 0.0391. The van der Waals surface area contributed by atoms with E-state index in [0.717, 1.165) is 22.2 Å². The second kappa shape index (κ2) is 10.6. The second-order valence-corrected chi connectivity index (χ2v) is 11.6. The third kappa shape index (κ3) is 5.06. The molecule has 0 unspecified atom stereocenters. The average Bonchev–Trinajstić information content (AvgIpc) is 3.06. The van der Waals surface area contributed by atoms with Crippen LogP contribution in [0.4, 0.5) is 5.69 Å². The predicted molar refractivity (Wildman–Crippen MR) is 138 cm³/mol. The van der Waals surface area contributed by atoms with Crippen LogP contribution in [0.5, 0.6) is 0 Å². The summed E-state index contributed by atoms with van der Waals surface area (Å²) in [7, 11) is 0. The Kier molecular flexibility index (Phi) is 7.84. The molecule has 1 heterocycles. The van der Waals surface area contributed by atoms with Crippen molar-refractivity contribution in [3.05, 3.63) is 73.8 Å². The molecule has 188 valence electrons. The molecule has 1 saturated carbocycles. The first-order valence-corrected chi connectivity index (χ1v) is 13.3. The van der Waals surface area contributed by atoms with Gasteiger partial charge in [-0.2, -0.15) is 5.01 Å². The summed E-state index contributed by atoms with van der Waals surface area (Å²) in [5.74, 6) is -3.94. The number of amides is 3. The van der Waals surface area contributed by atoms with E-state index in [4.69, 9.17) is 23.2 Å². The number of carbonyl (C=O) groups is 4. The van der Waals surface area contributed by atoms with Gasteiger partial charge in [-0.1, -0.05) is 55.1 Å². The maximum atomic E-state index is 13.5. The van der Waals surface area contributed by atoms with Crippen molar-refractivity contribution in [3.8, 4) is 0 Å². The standard InChI is InChI=1S/C23H17Br2Cl2N3O6/c24-17-8-15-16(9-18(17)25)23(34)29(22(15)33)28(10-20(31)14-6-3-12(26)7-19(14)27)21(32)11-1-4-13(5-2-11)30(35)36/h1-7,15-18H,8-10H2/t15-,16+,17-,18-/m0/s1. The van der Waals surface area contributed by atoms with E-state index in [9.17, 15) is 29.3 Å². The lowest BCUT2D eigenvalue weighted by atomic mass is 9.81. The molecule has 0 N–H and O–H groups in total. The van der Waals surface area contributed by atoms with Crippen molar-refractivity contribution in [1.29, 1.82) is 0 Å². The van der Waals surface area contributed by atoms with Crippen LogP contribution in [-0.2, 0) is 9.59 Å². The van der Waals surface area contributed by atoms with Crippen LogP contribution in [0.1, 0.15) is 33.6 Å². The quantitative estimate of drug-likeness (QED) is 0.140. The van der Waals surface area contributed by atoms with Crippen LogP contribution in [0.15, 0.2) is 42.5 Å². The normalized spacial score (nSPS) is 23.4. The molecule has 36 heavy (non-hydrogen) atoms. The summed E-state index contributed by atoms with van der Waals surface area (Å²) >= 11 is 19.1. The number of hydrogen-bond acceptors (Lipinski definition) is 6. The first kappa shape index (κ1) is 26.7. The van der Waals surface area contributed by atoms with Crippen molar-refractivity contribution in [1.82, 2.24) is 10.0 Å². The van der Waals surface area contributed by atoms with Gasteiger partial charge in [-0.3, -0.25) is 29.3 Å². The van der Waals surface area contributed by atoms with Gasteiger partial charge in [-0.25, -0.2) is 5.01 Å². The van der Waals surface area contributed by atoms with Crippen molar-refractivity contribution in [3.63, 3.8) is 0 Å². The molecule has 2 aromatic carbocycles. The minimum atomic E-state index is -0.838. The zero-order valence-corrected chi connectivity index (χ0v) is 23.0. The largest absolute Gasteiger partial charge is 0.292 e. The molecule has 0 radical (unpaired) electrons. The lowest BCUT2D eigenvalue weighted by Crippen LogP contribution is -2.52. The molecule has 1 aliphatic heterocycles. The van der Waals surface area contributed by atoms with E-state index >= 15 is 0 Å². The van der Waals surface area contributed by atoms with Gasteiger partial charge in [0.15, 0.2) is 5.78 Å². The molecule has 2 aromatic rings. The van der Waals surface area contributed by atoms with Crippen molar-refractivity contribution in [2.24, 2.45) is 11.8 Å². The van der Waals surface area contributed by atoms with Gasteiger partial charge in [0.2, 0.25) is 0 Å². The Morgan fingerprint density at radius 1 is 1.00 bits per heavy atom.